The molecule has 2 aromatic rings. The summed E-state index contributed by atoms with van der Waals surface area (Å²) in [7, 11) is 4.44. The van der Waals surface area contributed by atoms with E-state index >= 15 is 0 Å². The second-order valence-corrected chi connectivity index (χ2v) is 7.39. The predicted molar refractivity (Wildman–Crippen MR) is 110 cm³/mol. The van der Waals surface area contributed by atoms with Gasteiger partial charge in [0.15, 0.2) is 11.5 Å². The largest absolute Gasteiger partial charge is 0.493 e. The van der Waals surface area contributed by atoms with Crippen molar-refractivity contribution in [2.24, 2.45) is 5.92 Å². The summed E-state index contributed by atoms with van der Waals surface area (Å²) in [5.74, 6) is 0.489. The van der Waals surface area contributed by atoms with Crippen LogP contribution in [0.2, 0.25) is 0 Å². The lowest BCUT2D eigenvalue weighted by Crippen LogP contribution is -2.53. The van der Waals surface area contributed by atoms with E-state index in [1.54, 1.807) is 31.5 Å². The lowest BCUT2D eigenvalue weighted by Gasteiger charge is -2.37. The fourth-order valence-electron chi connectivity index (χ4n) is 3.78. The van der Waals surface area contributed by atoms with Gasteiger partial charge in [-0.1, -0.05) is 26.0 Å². The molecule has 0 aliphatic carbocycles. The number of aromatic nitrogens is 2. The second-order valence-electron chi connectivity index (χ2n) is 7.39. The number of methoxy groups -OCH3 is 3. The van der Waals surface area contributed by atoms with Crippen LogP contribution in [0.5, 0.6) is 11.5 Å². The summed E-state index contributed by atoms with van der Waals surface area (Å²) in [6.07, 6.45) is 2.24. The number of benzene rings is 1. The molecule has 30 heavy (non-hydrogen) atoms. The van der Waals surface area contributed by atoms with Crippen LogP contribution < -0.4 is 14.8 Å². The number of H-pyrrole nitrogens is 1. The molecule has 1 aliphatic heterocycles. The molecule has 162 valence electrons. The van der Waals surface area contributed by atoms with E-state index in [0.717, 1.165) is 17.0 Å². The molecule has 3 rings (SSSR count). The highest BCUT2D eigenvalue weighted by molar-refractivity contribution is 5.84. The van der Waals surface area contributed by atoms with E-state index in [1.165, 1.54) is 7.11 Å². The number of rotatable bonds is 6. The summed E-state index contributed by atoms with van der Waals surface area (Å²) in [4.78, 5) is 34.8. The molecular formula is C21H28N4O5. The van der Waals surface area contributed by atoms with Gasteiger partial charge in [-0.3, -0.25) is 0 Å². The van der Waals surface area contributed by atoms with Crippen LogP contribution in [0.3, 0.4) is 0 Å². The van der Waals surface area contributed by atoms with Crippen molar-refractivity contribution in [3.05, 3.63) is 41.5 Å². The Kier molecular flexibility index (Phi) is 6.49. The summed E-state index contributed by atoms with van der Waals surface area (Å²) >= 11 is 0. The summed E-state index contributed by atoms with van der Waals surface area (Å²) in [6.45, 7) is 4.15. The Hall–Kier alpha value is -3.23. The first-order chi connectivity index (χ1) is 14.4. The number of carbonyl (C=O) groups is 2. The average Bonchev–Trinajstić information content (AvgIpc) is 3.24. The highest BCUT2D eigenvalue weighted by Crippen LogP contribution is 2.42. The first kappa shape index (κ1) is 21.5. The zero-order chi connectivity index (χ0) is 21.8. The average molecular weight is 416 g/mol. The standard InChI is InChI=1S/C21H28N4O5/c1-12(2)16(20(26)30-5)24-21(27)25-10-9-14-17(23-11-22-14)18(25)13-7-6-8-15(28-3)19(13)29-4/h6-8,11-12,16,18H,9-10H2,1-5H3,(H,22,23)(H,24,27)/t16-,18?/m0/s1. The number of urea groups is 1. The number of hydrogen-bond donors (Lipinski definition) is 2. The Labute approximate surface area is 175 Å². The molecule has 0 fully saturated rings. The molecule has 2 atom stereocenters. The molecular weight excluding hydrogens is 388 g/mol. The molecule has 2 amide bonds. The normalized spacial score (nSPS) is 16.6. The van der Waals surface area contributed by atoms with E-state index in [1.807, 2.05) is 26.0 Å². The number of imidazole rings is 1. The maximum atomic E-state index is 13.3. The van der Waals surface area contributed by atoms with Crippen molar-refractivity contribution in [3.8, 4) is 11.5 Å². The van der Waals surface area contributed by atoms with Gasteiger partial charge in [0.05, 0.1) is 33.4 Å². The van der Waals surface area contributed by atoms with Gasteiger partial charge < -0.3 is 29.4 Å². The SMILES string of the molecule is COC(=O)[C@@H](NC(=O)N1CCc2[nH]cnc2C1c1cccc(OC)c1OC)C(C)C. The lowest BCUT2D eigenvalue weighted by atomic mass is 9.94. The monoisotopic (exact) mass is 416 g/mol. The lowest BCUT2D eigenvalue weighted by molar-refractivity contribution is -0.144. The summed E-state index contributed by atoms with van der Waals surface area (Å²) in [5, 5.41) is 2.83. The van der Waals surface area contributed by atoms with Gasteiger partial charge in [0.2, 0.25) is 0 Å². The van der Waals surface area contributed by atoms with Crippen LogP contribution in [0.1, 0.15) is 36.8 Å². The highest BCUT2D eigenvalue weighted by Gasteiger charge is 2.38. The van der Waals surface area contributed by atoms with Crippen molar-refractivity contribution >= 4 is 12.0 Å². The number of nitrogens with zero attached hydrogens (tertiary/aromatic N) is 2. The molecule has 0 saturated carbocycles. The van der Waals surface area contributed by atoms with E-state index in [9.17, 15) is 9.59 Å². The van der Waals surface area contributed by atoms with Gasteiger partial charge in [0.25, 0.3) is 0 Å². The summed E-state index contributed by atoms with van der Waals surface area (Å²) < 4.78 is 15.9. The van der Waals surface area contributed by atoms with Crippen LogP contribution >= 0.6 is 0 Å². The minimum atomic E-state index is -0.754. The van der Waals surface area contributed by atoms with Crippen LogP contribution in [-0.4, -0.2) is 60.8 Å². The van der Waals surface area contributed by atoms with Crippen molar-refractivity contribution in [2.45, 2.75) is 32.4 Å². The van der Waals surface area contributed by atoms with Gasteiger partial charge in [-0.2, -0.15) is 0 Å². The first-order valence-corrected chi connectivity index (χ1v) is 9.80. The number of ether oxygens (including phenoxy) is 3. The third-order valence-corrected chi connectivity index (χ3v) is 5.31. The number of nitrogens with one attached hydrogen (secondary N) is 2. The van der Waals surface area contributed by atoms with Gasteiger partial charge in [0.1, 0.15) is 12.1 Å². The number of esters is 1. The molecule has 1 aromatic carbocycles. The third kappa shape index (κ3) is 3.92. The van der Waals surface area contributed by atoms with Crippen molar-refractivity contribution < 1.29 is 23.8 Å². The van der Waals surface area contributed by atoms with Gasteiger partial charge in [-0.25, -0.2) is 14.6 Å². The minimum Gasteiger partial charge on any atom is -0.493 e. The predicted octanol–water partition coefficient (Wildman–Crippen LogP) is 2.28. The Morgan fingerprint density at radius 3 is 2.63 bits per heavy atom. The van der Waals surface area contributed by atoms with Crippen molar-refractivity contribution in [1.82, 2.24) is 20.2 Å². The fourth-order valence-corrected chi connectivity index (χ4v) is 3.78. The van der Waals surface area contributed by atoms with E-state index < -0.39 is 18.1 Å². The van der Waals surface area contributed by atoms with Gasteiger partial charge in [0, 0.05) is 24.2 Å². The molecule has 1 aromatic heterocycles. The van der Waals surface area contributed by atoms with Crippen molar-refractivity contribution in [1.29, 1.82) is 0 Å². The summed E-state index contributed by atoms with van der Waals surface area (Å²) in [5.41, 5.74) is 2.45. The van der Waals surface area contributed by atoms with E-state index in [2.05, 4.69) is 15.3 Å². The molecule has 1 unspecified atom stereocenters. The Bertz CT molecular complexity index is 911. The number of fused-ring (bicyclic) bond motifs is 1. The molecule has 0 saturated heterocycles. The Balaban J connectivity index is 2.02. The third-order valence-electron chi connectivity index (χ3n) is 5.31. The van der Waals surface area contributed by atoms with Crippen molar-refractivity contribution in [2.75, 3.05) is 27.9 Å². The number of carbonyl (C=O) groups excluding carboxylic acids is 2. The molecule has 0 spiro atoms. The molecule has 2 N–H and O–H groups in total. The molecule has 0 radical (unpaired) electrons. The minimum absolute atomic E-state index is 0.128. The van der Waals surface area contributed by atoms with Gasteiger partial charge in [-0.15, -0.1) is 0 Å². The van der Waals surface area contributed by atoms with Gasteiger partial charge in [-0.05, 0) is 12.0 Å². The van der Waals surface area contributed by atoms with E-state index in [0.29, 0.717) is 24.5 Å². The number of aromatic amines is 1. The van der Waals surface area contributed by atoms with E-state index in [4.69, 9.17) is 14.2 Å². The maximum Gasteiger partial charge on any atom is 0.328 e. The molecule has 1 aliphatic rings. The molecule has 0 bridgehead atoms. The van der Waals surface area contributed by atoms with Crippen LogP contribution in [0.4, 0.5) is 4.79 Å². The zero-order valence-corrected chi connectivity index (χ0v) is 17.9. The Morgan fingerprint density at radius 1 is 1.23 bits per heavy atom. The van der Waals surface area contributed by atoms with Crippen LogP contribution in [0, 0.1) is 5.92 Å². The topological polar surface area (TPSA) is 106 Å². The highest BCUT2D eigenvalue weighted by atomic mass is 16.5. The zero-order valence-electron chi connectivity index (χ0n) is 17.9. The maximum absolute atomic E-state index is 13.3. The first-order valence-electron chi connectivity index (χ1n) is 9.80. The number of hydrogen-bond acceptors (Lipinski definition) is 6. The number of amides is 2. The fraction of sp³-hybridized carbons (Fsp3) is 0.476. The number of para-hydroxylation sites is 1. The van der Waals surface area contributed by atoms with Crippen LogP contribution in [0.25, 0.3) is 0 Å². The molecule has 2 heterocycles. The van der Waals surface area contributed by atoms with Crippen LogP contribution in [0.15, 0.2) is 24.5 Å². The molecule has 9 nitrogen and oxygen atoms in total. The quantitative estimate of drug-likeness (QED) is 0.700. The van der Waals surface area contributed by atoms with Crippen LogP contribution in [-0.2, 0) is 16.0 Å². The smallest absolute Gasteiger partial charge is 0.328 e. The van der Waals surface area contributed by atoms with Gasteiger partial charge >= 0.3 is 12.0 Å². The summed E-state index contributed by atoms with van der Waals surface area (Å²) in [6, 6.07) is 3.90. The molecule has 9 heteroatoms. The second kappa shape index (κ2) is 9.06. The van der Waals surface area contributed by atoms with Crippen molar-refractivity contribution in [3.63, 3.8) is 0 Å². The van der Waals surface area contributed by atoms with E-state index in [-0.39, 0.29) is 11.9 Å². The Morgan fingerprint density at radius 2 is 2.00 bits per heavy atom.